The van der Waals surface area contributed by atoms with Crippen molar-refractivity contribution < 1.29 is 14.1 Å². The molecule has 0 radical (unpaired) electrons. The number of hydrogen-bond donors (Lipinski definition) is 1. The Morgan fingerprint density at radius 1 is 1.20 bits per heavy atom. The van der Waals surface area contributed by atoms with Gasteiger partial charge in [-0.2, -0.15) is 4.98 Å². The monoisotopic (exact) mass is 344 g/mol. The van der Waals surface area contributed by atoms with Crippen molar-refractivity contribution in [1.82, 2.24) is 15.0 Å². The van der Waals surface area contributed by atoms with E-state index in [-0.39, 0.29) is 24.2 Å². The van der Waals surface area contributed by atoms with Crippen LogP contribution in [0.25, 0.3) is 11.5 Å². The maximum absolute atomic E-state index is 12.4. The van der Waals surface area contributed by atoms with Crippen LogP contribution in [-0.2, 0) is 4.74 Å². The normalized spacial score (nSPS) is 20.8. The molecule has 1 aliphatic heterocycles. The molecule has 25 heavy (non-hydrogen) atoms. The number of ether oxygens (including phenoxy) is 1. The molecule has 0 aliphatic carbocycles. The Balaban J connectivity index is 1.65. The zero-order chi connectivity index (χ0) is 18.0. The highest BCUT2D eigenvalue weighted by atomic mass is 16.5. The number of nitrogens with zero attached hydrogens (tertiary/aromatic N) is 3. The van der Waals surface area contributed by atoms with E-state index in [9.17, 15) is 4.79 Å². The van der Waals surface area contributed by atoms with Gasteiger partial charge in [-0.3, -0.25) is 0 Å². The van der Waals surface area contributed by atoms with Crippen molar-refractivity contribution in [3.8, 4) is 11.5 Å². The van der Waals surface area contributed by atoms with Gasteiger partial charge in [-0.15, -0.1) is 0 Å². The molecular weight excluding hydrogens is 320 g/mol. The van der Waals surface area contributed by atoms with Gasteiger partial charge in [-0.25, -0.2) is 4.79 Å². The molecule has 1 aliphatic rings. The second kappa shape index (κ2) is 7.23. The summed E-state index contributed by atoms with van der Waals surface area (Å²) in [6.45, 7) is 9.16. The fourth-order valence-electron chi connectivity index (χ4n) is 2.83. The van der Waals surface area contributed by atoms with Crippen molar-refractivity contribution in [3.05, 3.63) is 30.1 Å². The highest BCUT2D eigenvalue weighted by Gasteiger charge is 2.25. The number of carbonyl (C=O) groups is 1. The van der Waals surface area contributed by atoms with Crippen molar-refractivity contribution in [2.75, 3.05) is 18.4 Å². The SMILES string of the molecule is CC1CN(C(=O)Nc2ccc(-c3nc(C(C)C)no3)cc2)CC(C)O1. The van der Waals surface area contributed by atoms with Crippen molar-refractivity contribution in [2.45, 2.75) is 45.8 Å². The van der Waals surface area contributed by atoms with Crippen LogP contribution in [0.15, 0.2) is 28.8 Å². The molecule has 2 amide bonds. The summed E-state index contributed by atoms with van der Waals surface area (Å²) in [7, 11) is 0. The van der Waals surface area contributed by atoms with Crippen LogP contribution in [0.5, 0.6) is 0 Å². The molecule has 7 heteroatoms. The summed E-state index contributed by atoms with van der Waals surface area (Å²) in [4.78, 5) is 18.6. The van der Waals surface area contributed by atoms with Gasteiger partial charge in [0.15, 0.2) is 5.82 Å². The summed E-state index contributed by atoms with van der Waals surface area (Å²) in [5.74, 6) is 1.38. The molecule has 7 nitrogen and oxygen atoms in total. The summed E-state index contributed by atoms with van der Waals surface area (Å²) < 4.78 is 10.9. The Morgan fingerprint density at radius 3 is 2.40 bits per heavy atom. The minimum atomic E-state index is -0.116. The highest BCUT2D eigenvalue weighted by Crippen LogP contribution is 2.22. The number of morpholine rings is 1. The van der Waals surface area contributed by atoms with E-state index >= 15 is 0 Å². The fraction of sp³-hybridized carbons (Fsp3) is 0.500. The number of carbonyl (C=O) groups excluding carboxylic acids is 1. The van der Waals surface area contributed by atoms with Gasteiger partial charge in [-0.05, 0) is 38.1 Å². The Kier molecular flexibility index (Phi) is 5.03. The number of amides is 2. The lowest BCUT2D eigenvalue weighted by atomic mass is 10.2. The van der Waals surface area contributed by atoms with Gasteiger partial charge in [0, 0.05) is 30.3 Å². The quantitative estimate of drug-likeness (QED) is 0.922. The van der Waals surface area contributed by atoms with Gasteiger partial charge < -0.3 is 19.5 Å². The minimum Gasteiger partial charge on any atom is -0.372 e. The summed E-state index contributed by atoms with van der Waals surface area (Å²) in [6.07, 6.45) is 0.0918. The maximum Gasteiger partial charge on any atom is 0.322 e. The molecule has 3 rings (SSSR count). The van der Waals surface area contributed by atoms with E-state index in [4.69, 9.17) is 9.26 Å². The van der Waals surface area contributed by atoms with Crippen molar-refractivity contribution >= 4 is 11.7 Å². The van der Waals surface area contributed by atoms with Crippen molar-refractivity contribution in [1.29, 1.82) is 0 Å². The third kappa shape index (κ3) is 4.17. The molecule has 2 aromatic rings. The van der Waals surface area contributed by atoms with Crippen LogP contribution in [0.2, 0.25) is 0 Å². The summed E-state index contributed by atoms with van der Waals surface area (Å²) >= 11 is 0. The van der Waals surface area contributed by atoms with Crippen LogP contribution in [0.4, 0.5) is 10.5 Å². The largest absolute Gasteiger partial charge is 0.372 e. The third-order valence-electron chi connectivity index (χ3n) is 4.05. The summed E-state index contributed by atoms with van der Waals surface area (Å²) in [5, 5.41) is 6.88. The number of benzene rings is 1. The van der Waals surface area contributed by atoms with Gasteiger partial charge in [0.2, 0.25) is 0 Å². The van der Waals surface area contributed by atoms with Gasteiger partial charge in [0.1, 0.15) is 0 Å². The molecule has 2 unspecified atom stereocenters. The predicted molar refractivity (Wildman–Crippen MR) is 94.4 cm³/mol. The first-order valence-electron chi connectivity index (χ1n) is 8.58. The van der Waals surface area contributed by atoms with Crippen LogP contribution in [0.1, 0.15) is 39.4 Å². The number of hydrogen-bond acceptors (Lipinski definition) is 5. The summed E-state index contributed by atoms with van der Waals surface area (Å²) in [5.41, 5.74) is 1.55. The third-order valence-corrected chi connectivity index (χ3v) is 4.05. The van der Waals surface area contributed by atoms with Crippen molar-refractivity contribution in [2.24, 2.45) is 0 Å². The molecular formula is C18H24N4O3. The first-order valence-corrected chi connectivity index (χ1v) is 8.58. The van der Waals surface area contributed by atoms with Crippen LogP contribution in [0, 0.1) is 0 Å². The van der Waals surface area contributed by atoms with Crippen molar-refractivity contribution in [3.63, 3.8) is 0 Å². The standard InChI is InChI=1S/C18H24N4O3/c1-11(2)16-20-17(25-21-16)14-5-7-15(8-6-14)19-18(23)22-9-12(3)24-13(4)10-22/h5-8,11-13H,9-10H2,1-4H3,(H,19,23). The lowest BCUT2D eigenvalue weighted by Crippen LogP contribution is -2.49. The van der Waals surface area contributed by atoms with E-state index in [0.29, 0.717) is 24.8 Å². The van der Waals surface area contributed by atoms with Gasteiger partial charge >= 0.3 is 6.03 Å². The predicted octanol–water partition coefficient (Wildman–Crippen LogP) is 3.50. The van der Waals surface area contributed by atoms with Crippen LogP contribution < -0.4 is 5.32 Å². The van der Waals surface area contributed by atoms with Gasteiger partial charge in [-0.1, -0.05) is 19.0 Å². The van der Waals surface area contributed by atoms with E-state index in [1.165, 1.54) is 0 Å². The highest BCUT2D eigenvalue weighted by molar-refractivity contribution is 5.89. The van der Waals surface area contributed by atoms with Crippen LogP contribution in [0.3, 0.4) is 0 Å². The Hall–Kier alpha value is -2.41. The number of nitrogens with one attached hydrogen (secondary N) is 1. The molecule has 1 aromatic heterocycles. The zero-order valence-electron chi connectivity index (χ0n) is 15.0. The van der Waals surface area contributed by atoms with Gasteiger partial charge in [0.25, 0.3) is 5.89 Å². The van der Waals surface area contributed by atoms with E-state index in [1.54, 1.807) is 4.90 Å². The molecule has 2 heterocycles. The lowest BCUT2D eigenvalue weighted by Gasteiger charge is -2.35. The molecule has 1 N–H and O–H groups in total. The number of urea groups is 1. The molecule has 0 spiro atoms. The second-order valence-electron chi connectivity index (χ2n) is 6.78. The molecule has 1 fully saturated rings. The molecule has 1 saturated heterocycles. The first-order chi connectivity index (χ1) is 11.9. The van der Waals surface area contributed by atoms with Crippen LogP contribution >= 0.6 is 0 Å². The Labute approximate surface area is 147 Å². The molecule has 134 valence electrons. The molecule has 0 saturated carbocycles. The molecule has 0 bridgehead atoms. The lowest BCUT2D eigenvalue weighted by molar-refractivity contribution is -0.0530. The number of rotatable bonds is 3. The average molecular weight is 344 g/mol. The zero-order valence-corrected chi connectivity index (χ0v) is 15.0. The molecule has 2 atom stereocenters. The number of anilines is 1. The van der Waals surface area contributed by atoms with Crippen LogP contribution in [-0.4, -0.2) is 46.4 Å². The Morgan fingerprint density at radius 2 is 1.84 bits per heavy atom. The Bertz CT molecular complexity index is 716. The topological polar surface area (TPSA) is 80.5 Å². The minimum absolute atomic E-state index is 0.0459. The summed E-state index contributed by atoms with van der Waals surface area (Å²) in [6, 6.07) is 7.27. The smallest absolute Gasteiger partial charge is 0.322 e. The maximum atomic E-state index is 12.4. The van der Waals surface area contributed by atoms with E-state index in [1.807, 2.05) is 52.0 Å². The average Bonchev–Trinajstić information content (AvgIpc) is 3.05. The van der Waals surface area contributed by atoms with E-state index < -0.39 is 0 Å². The first kappa shape index (κ1) is 17.4. The van der Waals surface area contributed by atoms with E-state index in [0.717, 1.165) is 11.3 Å². The molecule has 1 aromatic carbocycles. The fourth-order valence-corrected chi connectivity index (χ4v) is 2.83. The van der Waals surface area contributed by atoms with E-state index in [2.05, 4.69) is 15.5 Å². The van der Waals surface area contributed by atoms with Gasteiger partial charge in [0.05, 0.1) is 12.2 Å². The number of aromatic nitrogens is 2. The second-order valence-corrected chi connectivity index (χ2v) is 6.78.